The molecular formula is C13H19FN2O3S. The van der Waals surface area contributed by atoms with Gasteiger partial charge in [0.25, 0.3) is 0 Å². The van der Waals surface area contributed by atoms with Gasteiger partial charge in [-0.15, -0.1) is 0 Å². The van der Waals surface area contributed by atoms with E-state index in [9.17, 15) is 17.6 Å². The maximum absolute atomic E-state index is 13.2. The zero-order valence-corrected chi connectivity index (χ0v) is 12.7. The largest absolute Gasteiger partial charge is 0.342 e. The van der Waals surface area contributed by atoms with E-state index in [0.29, 0.717) is 13.1 Å². The van der Waals surface area contributed by atoms with E-state index in [1.807, 2.05) is 13.8 Å². The standard InChI is InChI=1S/C13H19FN2O3S/c1-4-15(5-2)13(17)10-16(20(3,18)19)12-8-6-7-11(14)9-12/h6-9H,4-5,10H2,1-3H3. The average molecular weight is 302 g/mol. The van der Waals surface area contributed by atoms with Gasteiger partial charge in [-0.2, -0.15) is 0 Å². The molecule has 0 N–H and O–H groups in total. The van der Waals surface area contributed by atoms with Crippen molar-refractivity contribution in [3.8, 4) is 0 Å². The predicted molar refractivity (Wildman–Crippen MR) is 76.5 cm³/mol. The number of sulfonamides is 1. The molecule has 0 unspecified atom stereocenters. The van der Waals surface area contributed by atoms with Gasteiger partial charge in [-0.05, 0) is 32.0 Å². The van der Waals surface area contributed by atoms with Gasteiger partial charge in [0.1, 0.15) is 12.4 Å². The smallest absolute Gasteiger partial charge is 0.243 e. The van der Waals surface area contributed by atoms with Crippen LogP contribution in [0.25, 0.3) is 0 Å². The number of hydrogen-bond acceptors (Lipinski definition) is 3. The number of benzene rings is 1. The van der Waals surface area contributed by atoms with Gasteiger partial charge in [0.05, 0.1) is 11.9 Å². The van der Waals surface area contributed by atoms with Gasteiger partial charge in [0.15, 0.2) is 0 Å². The molecule has 0 radical (unpaired) electrons. The second kappa shape index (κ2) is 6.69. The van der Waals surface area contributed by atoms with Gasteiger partial charge in [-0.1, -0.05) is 6.07 Å². The Morgan fingerprint density at radius 3 is 2.30 bits per heavy atom. The Hall–Kier alpha value is -1.63. The Labute approximate surface area is 119 Å². The molecule has 0 fully saturated rings. The summed E-state index contributed by atoms with van der Waals surface area (Å²) in [6, 6.07) is 5.18. The second-order valence-electron chi connectivity index (χ2n) is 4.32. The van der Waals surface area contributed by atoms with E-state index in [2.05, 4.69) is 0 Å². The third kappa shape index (κ3) is 4.19. The molecule has 1 aromatic rings. The highest BCUT2D eigenvalue weighted by atomic mass is 32.2. The lowest BCUT2D eigenvalue weighted by Gasteiger charge is -2.26. The number of amides is 1. The van der Waals surface area contributed by atoms with Crippen molar-refractivity contribution in [3.63, 3.8) is 0 Å². The Balaban J connectivity index is 3.07. The number of hydrogen-bond donors (Lipinski definition) is 0. The van der Waals surface area contributed by atoms with Crippen LogP contribution in [-0.4, -0.2) is 45.1 Å². The Kier molecular flexibility index (Phi) is 5.50. The van der Waals surface area contributed by atoms with Gasteiger partial charge < -0.3 is 4.90 Å². The molecule has 0 spiro atoms. The molecule has 0 aliphatic carbocycles. The summed E-state index contributed by atoms with van der Waals surface area (Å²) in [5.74, 6) is -0.865. The lowest BCUT2D eigenvalue weighted by atomic mass is 10.3. The van der Waals surface area contributed by atoms with E-state index >= 15 is 0 Å². The second-order valence-corrected chi connectivity index (χ2v) is 6.22. The highest BCUT2D eigenvalue weighted by molar-refractivity contribution is 7.92. The van der Waals surface area contributed by atoms with Crippen LogP contribution < -0.4 is 4.31 Å². The summed E-state index contributed by atoms with van der Waals surface area (Å²) in [7, 11) is -3.66. The predicted octanol–water partition coefficient (Wildman–Crippen LogP) is 1.46. The summed E-state index contributed by atoms with van der Waals surface area (Å²) in [6.45, 7) is 4.29. The third-order valence-electron chi connectivity index (χ3n) is 2.89. The first-order valence-corrected chi connectivity index (χ1v) is 8.15. The van der Waals surface area contributed by atoms with Crippen molar-refractivity contribution in [2.45, 2.75) is 13.8 Å². The van der Waals surface area contributed by atoms with E-state index in [1.165, 1.54) is 23.1 Å². The Morgan fingerprint density at radius 1 is 1.25 bits per heavy atom. The highest BCUT2D eigenvalue weighted by Crippen LogP contribution is 2.18. The molecule has 0 bridgehead atoms. The molecule has 0 saturated heterocycles. The molecular weight excluding hydrogens is 283 g/mol. The first-order valence-electron chi connectivity index (χ1n) is 6.30. The molecule has 0 aromatic heterocycles. The number of carbonyl (C=O) groups excluding carboxylic acids is 1. The van der Waals surface area contributed by atoms with Crippen molar-refractivity contribution in [3.05, 3.63) is 30.1 Å². The zero-order chi connectivity index (χ0) is 15.3. The van der Waals surface area contributed by atoms with E-state index in [-0.39, 0.29) is 18.1 Å². The highest BCUT2D eigenvalue weighted by Gasteiger charge is 2.23. The number of nitrogens with zero attached hydrogens (tertiary/aromatic N) is 2. The molecule has 20 heavy (non-hydrogen) atoms. The molecule has 1 rings (SSSR count). The van der Waals surface area contributed by atoms with Gasteiger partial charge >= 0.3 is 0 Å². The van der Waals surface area contributed by atoms with Crippen LogP contribution in [0.4, 0.5) is 10.1 Å². The number of halogens is 1. The van der Waals surface area contributed by atoms with Gasteiger partial charge in [-0.25, -0.2) is 12.8 Å². The van der Waals surface area contributed by atoms with Crippen LogP contribution in [0.5, 0.6) is 0 Å². The molecule has 0 aliphatic heterocycles. The van der Waals surface area contributed by atoms with Crippen LogP contribution in [0, 0.1) is 5.82 Å². The minimum atomic E-state index is -3.66. The quantitative estimate of drug-likeness (QED) is 0.799. The van der Waals surface area contributed by atoms with Crippen LogP contribution in [-0.2, 0) is 14.8 Å². The van der Waals surface area contributed by atoms with Crippen molar-refractivity contribution in [2.75, 3.05) is 30.2 Å². The summed E-state index contributed by atoms with van der Waals surface area (Å²) < 4.78 is 37.8. The monoisotopic (exact) mass is 302 g/mol. The summed E-state index contributed by atoms with van der Waals surface area (Å²) >= 11 is 0. The SMILES string of the molecule is CCN(CC)C(=O)CN(c1cccc(F)c1)S(C)(=O)=O. The lowest BCUT2D eigenvalue weighted by Crippen LogP contribution is -2.42. The Morgan fingerprint density at radius 2 is 1.85 bits per heavy atom. The van der Waals surface area contributed by atoms with Crippen molar-refractivity contribution in [2.24, 2.45) is 0 Å². The van der Waals surface area contributed by atoms with E-state index < -0.39 is 15.8 Å². The summed E-state index contributed by atoms with van der Waals surface area (Å²) in [5.41, 5.74) is 0.146. The number of likely N-dealkylation sites (N-methyl/N-ethyl adjacent to an activating group) is 1. The fourth-order valence-electron chi connectivity index (χ4n) is 1.83. The topological polar surface area (TPSA) is 57.7 Å². The maximum Gasteiger partial charge on any atom is 0.243 e. The molecule has 5 nitrogen and oxygen atoms in total. The van der Waals surface area contributed by atoms with Crippen molar-refractivity contribution in [1.29, 1.82) is 0 Å². The molecule has 112 valence electrons. The summed E-state index contributed by atoms with van der Waals surface area (Å²) in [4.78, 5) is 13.6. The molecule has 1 aromatic carbocycles. The van der Waals surface area contributed by atoms with Crippen molar-refractivity contribution >= 4 is 21.6 Å². The molecule has 0 aliphatic rings. The summed E-state index contributed by atoms with van der Waals surface area (Å²) in [5, 5.41) is 0. The normalized spacial score (nSPS) is 11.2. The minimum absolute atomic E-state index is 0.146. The molecule has 0 saturated carbocycles. The first-order chi connectivity index (χ1) is 9.29. The minimum Gasteiger partial charge on any atom is -0.342 e. The van der Waals surface area contributed by atoms with Gasteiger partial charge in [-0.3, -0.25) is 9.10 Å². The van der Waals surface area contributed by atoms with Crippen LogP contribution in [0.3, 0.4) is 0 Å². The lowest BCUT2D eigenvalue weighted by molar-refractivity contribution is -0.129. The maximum atomic E-state index is 13.2. The molecule has 7 heteroatoms. The van der Waals surface area contributed by atoms with E-state index in [1.54, 1.807) is 0 Å². The van der Waals surface area contributed by atoms with Crippen molar-refractivity contribution in [1.82, 2.24) is 4.90 Å². The molecule has 1 amide bonds. The number of anilines is 1. The van der Waals surface area contributed by atoms with E-state index in [0.717, 1.165) is 16.6 Å². The fourth-order valence-corrected chi connectivity index (χ4v) is 2.67. The van der Waals surface area contributed by atoms with Crippen molar-refractivity contribution < 1.29 is 17.6 Å². The average Bonchev–Trinajstić information content (AvgIpc) is 2.36. The van der Waals surface area contributed by atoms with Crippen LogP contribution in [0.1, 0.15) is 13.8 Å². The fraction of sp³-hybridized carbons (Fsp3) is 0.462. The molecule has 0 atom stereocenters. The van der Waals surface area contributed by atoms with Gasteiger partial charge in [0.2, 0.25) is 15.9 Å². The van der Waals surface area contributed by atoms with E-state index in [4.69, 9.17) is 0 Å². The third-order valence-corrected chi connectivity index (χ3v) is 4.03. The number of rotatable bonds is 6. The van der Waals surface area contributed by atoms with Crippen LogP contribution in [0.2, 0.25) is 0 Å². The first kappa shape index (κ1) is 16.4. The number of carbonyl (C=O) groups is 1. The Bertz CT molecular complexity index is 571. The summed E-state index contributed by atoms with van der Waals surface area (Å²) in [6.07, 6.45) is 0.993. The zero-order valence-electron chi connectivity index (χ0n) is 11.8. The molecule has 0 heterocycles. The van der Waals surface area contributed by atoms with Gasteiger partial charge in [0, 0.05) is 13.1 Å². The van der Waals surface area contributed by atoms with Crippen LogP contribution in [0.15, 0.2) is 24.3 Å². The van der Waals surface area contributed by atoms with Crippen LogP contribution >= 0.6 is 0 Å².